The first-order valence-electron chi connectivity index (χ1n) is 17.9. The van der Waals surface area contributed by atoms with E-state index in [1.165, 1.54) is 44.9 Å². The van der Waals surface area contributed by atoms with Gasteiger partial charge >= 0.3 is 0 Å². The average Bonchev–Trinajstić information content (AvgIpc) is 3.31. The van der Waals surface area contributed by atoms with E-state index in [9.17, 15) is 8.42 Å². The maximum atomic E-state index is 12.9. The smallest absolute Gasteiger partial charge is 0.296 e. The number of hydrogen-bond donors (Lipinski definition) is 0. The minimum absolute atomic E-state index is 0.215. The Labute approximate surface area is 271 Å². The molecular weight excluding hydrogens is 581 g/mol. The zero-order valence-corrected chi connectivity index (χ0v) is 31.3. The van der Waals surface area contributed by atoms with Crippen LogP contribution in [0.1, 0.15) is 119 Å². The predicted octanol–water partition coefficient (Wildman–Crippen LogP) is 10.5. The number of aryl methyl sites for hydroxylation is 1. The van der Waals surface area contributed by atoms with Gasteiger partial charge < -0.3 is 4.43 Å². The first kappa shape index (κ1) is 34.4. The van der Waals surface area contributed by atoms with Crippen LogP contribution in [0.3, 0.4) is 0 Å². The molecule has 4 aliphatic carbocycles. The Hall–Kier alpha value is -0.953. The fraction of sp³-hybridized carbons (Fsp3) is 0.789. The molecule has 0 aromatic heterocycles. The summed E-state index contributed by atoms with van der Waals surface area (Å²) in [7, 11) is -5.63. The Morgan fingerprint density at radius 2 is 1.50 bits per heavy atom. The third-order valence-electron chi connectivity index (χ3n) is 13.7. The number of benzene rings is 1. The lowest BCUT2D eigenvalue weighted by Gasteiger charge is -2.59. The van der Waals surface area contributed by atoms with Crippen LogP contribution in [0.25, 0.3) is 0 Å². The molecule has 1 aromatic carbocycles. The highest BCUT2D eigenvalue weighted by molar-refractivity contribution is 7.86. The molecule has 248 valence electrons. The summed E-state index contributed by atoms with van der Waals surface area (Å²) in [5.74, 6) is 2.94. The highest BCUT2D eigenvalue weighted by atomic mass is 32.2. The van der Waals surface area contributed by atoms with Crippen molar-refractivity contribution < 1.29 is 17.0 Å². The van der Waals surface area contributed by atoms with Crippen molar-refractivity contribution >= 4 is 18.4 Å². The first-order valence-corrected chi connectivity index (χ1v) is 21.4. The summed E-state index contributed by atoms with van der Waals surface area (Å²) < 4.78 is 38.9. The summed E-state index contributed by atoms with van der Waals surface area (Å²) >= 11 is 0. The maximum absolute atomic E-state index is 12.9. The lowest BCUT2D eigenvalue weighted by atomic mass is 9.47. The minimum atomic E-state index is -3.74. The molecule has 0 radical (unpaired) electrons. The average molecular weight is 643 g/mol. The minimum Gasteiger partial charge on any atom is -0.413 e. The lowest BCUT2D eigenvalue weighted by molar-refractivity contribution is -0.0584. The molecule has 0 heterocycles. The van der Waals surface area contributed by atoms with E-state index in [0.717, 1.165) is 23.8 Å². The second-order valence-corrected chi connectivity index (χ2v) is 23.8. The molecule has 8 atom stereocenters. The molecule has 1 aromatic rings. The van der Waals surface area contributed by atoms with Crippen molar-refractivity contribution in [2.75, 3.05) is 6.61 Å². The van der Waals surface area contributed by atoms with Crippen LogP contribution in [-0.2, 0) is 18.7 Å². The van der Waals surface area contributed by atoms with Crippen molar-refractivity contribution in [2.45, 2.75) is 148 Å². The van der Waals surface area contributed by atoms with Gasteiger partial charge in [0.2, 0.25) is 8.32 Å². The second kappa shape index (κ2) is 12.6. The normalized spacial score (nSPS) is 34.9. The summed E-state index contributed by atoms with van der Waals surface area (Å²) in [6.45, 7) is 24.1. The standard InChI is InChI=1S/C38H62O4SSi/c1-25(2)44(26(3)4,27(5)6)42-31-19-21-37(9)30(23-31)13-16-33-35-18-17-34(38(35,10)22-20-36(33)37)29(8)24-41-43(39,40)32-14-11-28(7)12-15-32/h11-15,25-27,29,31,33-36H,16-24H2,1-10H3/t29-,31-,33-,34+,35-,36-,37-,38+/m0/s1. The van der Waals surface area contributed by atoms with Gasteiger partial charge in [0.1, 0.15) is 0 Å². The Morgan fingerprint density at radius 1 is 0.864 bits per heavy atom. The van der Waals surface area contributed by atoms with Gasteiger partial charge in [0.25, 0.3) is 10.1 Å². The van der Waals surface area contributed by atoms with Crippen LogP contribution in [0.5, 0.6) is 0 Å². The number of allylic oxidation sites excluding steroid dienone is 1. The Bertz CT molecular complexity index is 1280. The molecule has 3 saturated carbocycles. The number of rotatable bonds is 10. The van der Waals surface area contributed by atoms with Crippen LogP contribution >= 0.6 is 0 Å². The zero-order valence-electron chi connectivity index (χ0n) is 29.5. The predicted molar refractivity (Wildman–Crippen MR) is 185 cm³/mol. The Kier molecular flexibility index (Phi) is 9.83. The molecule has 4 aliphatic rings. The molecule has 44 heavy (non-hydrogen) atoms. The molecule has 0 N–H and O–H groups in total. The monoisotopic (exact) mass is 642 g/mol. The lowest BCUT2D eigenvalue weighted by Crippen LogP contribution is -2.53. The summed E-state index contributed by atoms with van der Waals surface area (Å²) in [6, 6.07) is 6.99. The molecular formula is C38H62O4SSi. The second-order valence-electron chi connectivity index (χ2n) is 16.8. The summed E-state index contributed by atoms with van der Waals surface area (Å²) in [4.78, 5) is 0.259. The molecule has 0 spiro atoms. The van der Waals surface area contributed by atoms with Crippen LogP contribution in [-0.4, -0.2) is 29.4 Å². The van der Waals surface area contributed by atoms with E-state index >= 15 is 0 Å². The van der Waals surface area contributed by atoms with Crippen LogP contribution in [0.2, 0.25) is 16.6 Å². The van der Waals surface area contributed by atoms with Crippen LogP contribution < -0.4 is 0 Å². The highest BCUT2D eigenvalue weighted by Gasteiger charge is 2.59. The zero-order chi connectivity index (χ0) is 32.2. The van der Waals surface area contributed by atoms with Crippen molar-refractivity contribution in [1.29, 1.82) is 0 Å². The number of hydrogen-bond acceptors (Lipinski definition) is 4. The third-order valence-corrected chi connectivity index (χ3v) is 21.1. The molecule has 0 aliphatic heterocycles. The Morgan fingerprint density at radius 3 is 2.11 bits per heavy atom. The summed E-state index contributed by atoms with van der Waals surface area (Å²) in [5.41, 5.74) is 5.19. The molecule has 0 bridgehead atoms. The largest absolute Gasteiger partial charge is 0.413 e. The Balaban J connectivity index is 1.27. The van der Waals surface area contributed by atoms with Crippen molar-refractivity contribution in [2.24, 2.45) is 40.4 Å². The highest BCUT2D eigenvalue weighted by Crippen LogP contribution is 2.67. The van der Waals surface area contributed by atoms with Crippen molar-refractivity contribution in [3.8, 4) is 0 Å². The van der Waals surface area contributed by atoms with Crippen molar-refractivity contribution in [1.82, 2.24) is 0 Å². The molecule has 5 rings (SSSR count). The van der Waals surface area contributed by atoms with Crippen LogP contribution in [0, 0.1) is 47.3 Å². The molecule has 0 amide bonds. The van der Waals surface area contributed by atoms with E-state index in [1.807, 2.05) is 19.1 Å². The van der Waals surface area contributed by atoms with E-state index in [4.69, 9.17) is 8.61 Å². The molecule has 0 unspecified atom stereocenters. The van der Waals surface area contributed by atoms with Gasteiger partial charge in [0.05, 0.1) is 11.5 Å². The number of fused-ring (bicyclic) bond motifs is 5. The van der Waals surface area contributed by atoms with Crippen LogP contribution in [0.15, 0.2) is 40.8 Å². The van der Waals surface area contributed by atoms with Gasteiger partial charge in [0, 0.05) is 6.10 Å². The van der Waals surface area contributed by atoms with Crippen molar-refractivity contribution in [3.63, 3.8) is 0 Å². The molecule has 3 fully saturated rings. The third kappa shape index (κ3) is 5.85. The molecule has 4 nitrogen and oxygen atoms in total. The summed E-state index contributed by atoms with van der Waals surface area (Å²) in [6.07, 6.45) is 12.9. The van der Waals surface area contributed by atoms with Gasteiger partial charge in [-0.05, 0) is 127 Å². The van der Waals surface area contributed by atoms with Gasteiger partial charge in [-0.25, -0.2) is 0 Å². The van der Waals surface area contributed by atoms with E-state index in [2.05, 4.69) is 68.4 Å². The molecule has 0 saturated heterocycles. The SMILES string of the molecule is Cc1ccc(S(=O)(=O)OC[C@H](C)[C@H]2CC[C@H]3[C@@H]4CC=C5C[C@@H](O[Si](C(C)C)(C(C)C)C(C)C)CC[C@]5(C)[C@H]4CC[C@]23C)cc1. The van der Waals surface area contributed by atoms with Gasteiger partial charge in [-0.2, -0.15) is 8.42 Å². The van der Waals surface area contributed by atoms with Crippen LogP contribution in [0.4, 0.5) is 0 Å². The van der Waals surface area contributed by atoms with Gasteiger partial charge in [-0.1, -0.05) is 91.7 Å². The van der Waals surface area contributed by atoms with E-state index in [1.54, 1.807) is 17.7 Å². The topological polar surface area (TPSA) is 52.6 Å². The summed E-state index contributed by atoms with van der Waals surface area (Å²) in [5, 5.41) is 0. The van der Waals surface area contributed by atoms with Gasteiger partial charge in [0.15, 0.2) is 0 Å². The van der Waals surface area contributed by atoms with Gasteiger partial charge in [-0.15, -0.1) is 0 Å². The molecule has 6 heteroatoms. The van der Waals surface area contributed by atoms with E-state index in [-0.39, 0.29) is 22.8 Å². The van der Waals surface area contributed by atoms with E-state index in [0.29, 0.717) is 40.0 Å². The quantitative estimate of drug-likeness (QED) is 0.145. The first-order chi connectivity index (χ1) is 20.6. The maximum Gasteiger partial charge on any atom is 0.296 e. The fourth-order valence-electron chi connectivity index (χ4n) is 11.5. The van der Waals surface area contributed by atoms with E-state index < -0.39 is 18.4 Å². The van der Waals surface area contributed by atoms with Crippen molar-refractivity contribution in [3.05, 3.63) is 41.5 Å². The van der Waals surface area contributed by atoms with Gasteiger partial charge in [-0.3, -0.25) is 4.18 Å². The fourth-order valence-corrected chi connectivity index (χ4v) is 18.1.